The van der Waals surface area contributed by atoms with Crippen LogP contribution in [-0.2, 0) is 19.7 Å². The Balaban J connectivity index is 1.32. The fourth-order valence-electron chi connectivity index (χ4n) is 7.60. The lowest BCUT2D eigenvalue weighted by atomic mass is 9.43. The number of nitrogens with zero attached hydrogens (tertiary/aromatic N) is 1. The average molecular weight is 424 g/mol. The molecule has 0 aromatic heterocycles. The first-order chi connectivity index (χ1) is 14.9. The Labute approximate surface area is 186 Å². The minimum absolute atomic E-state index is 0.0103. The van der Waals surface area contributed by atoms with Crippen LogP contribution in [0.4, 0.5) is 0 Å². The van der Waals surface area contributed by atoms with Gasteiger partial charge >= 0.3 is 5.97 Å². The Morgan fingerprint density at radius 3 is 2.29 bits per heavy atom. The van der Waals surface area contributed by atoms with Crippen molar-refractivity contribution in [1.29, 1.82) is 0 Å². The van der Waals surface area contributed by atoms with Crippen LogP contribution in [0, 0.1) is 31.1 Å². The van der Waals surface area contributed by atoms with E-state index >= 15 is 0 Å². The minimum atomic E-state index is -0.387. The lowest BCUT2D eigenvalue weighted by Crippen LogP contribution is -2.57. The zero-order valence-corrected chi connectivity index (χ0v) is 19.3. The van der Waals surface area contributed by atoms with Gasteiger partial charge in [-0.15, -0.1) is 0 Å². The van der Waals surface area contributed by atoms with Crippen LogP contribution in [0.5, 0.6) is 0 Å². The first kappa shape index (κ1) is 21.0. The van der Waals surface area contributed by atoms with Gasteiger partial charge in [0.2, 0.25) is 0 Å². The predicted molar refractivity (Wildman–Crippen MR) is 121 cm³/mol. The number of carbonyl (C=O) groups is 2. The van der Waals surface area contributed by atoms with Crippen molar-refractivity contribution in [3.63, 3.8) is 0 Å². The fraction of sp³-hybridized carbons (Fsp3) is 0.704. The number of likely N-dealkylation sites (tertiary alicyclic amines) is 1. The highest BCUT2D eigenvalue weighted by Crippen LogP contribution is 2.66. The van der Waals surface area contributed by atoms with Crippen molar-refractivity contribution in [3.8, 4) is 0 Å². The standard InChI is InChI=1S/C27H37NO3/c1-19-7-8-23(11-20(19)2)26-13-21-12-22(14-26)16-27(15-21,18-26)25(30)31-17-24(29)28-9-5-3-4-6-10-28/h7-8,11,21-22H,3-6,9-10,12-18H2,1-2H3/t21-,22-,26?,27?/m1/s1. The molecule has 4 nitrogen and oxygen atoms in total. The summed E-state index contributed by atoms with van der Waals surface area (Å²) in [6.07, 6.45) is 11.0. The van der Waals surface area contributed by atoms with Crippen LogP contribution in [0.1, 0.15) is 80.9 Å². The first-order valence-corrected chi connectivity index (χ1v) is 12.4. The second-order valence-electron chi connectivity index (χ2n) is 11.2. The molecule has 1 heterocycles. The van der Waals surface area contributed by atoms with Gasteiger partial charge in [-0.3, -0.25) is 9.59 Å². The van der Waals surface area contributed by atoms with Crippen LogP contribution in [0.15, 0.2) is 18.2 Å². The van der Waals surface area contributed by atoms with Crippen molar-refractivity contribution in [2.24, 2.45) is 17.3 Å². The van der Waals surface area contributed by atoms with Crippen LogP contribution < -0.4 is 0 Å². The summed E-state index contributed by atoms with van der Waals surface area (Å²) in [5.41, 5.74) is 3.81. The molecule has 0 N–H and O–H groups in total. The van der Waals surface area contributed by atoms with Gasteiger partial charge in [-0.05, 0) is 99.2 Å². The zero-order valence-electron chi connectivity index (χ0n) is 19.3. The van der Waals surface area contributed by atoms with E-state index in [1.165, 1.54) is 48.8 Å². The number of hydrogen-bond donors (Lipinski definition) is 0. The second-order valence-corrected chi connectivity index (χ2v) is 11.2. The largest absolute Gasteiger partial charge is 0.455 e. The summed E-state index contributed by atoms with van der Waals surface area (Å²) in [6, 6.07) is 6.91. The smallest absolute Gasteiger partial charge is 0.312 e. The number of benzene rings is 1. The van der Waals surface area contributed by atoms with Gasteiger partial charge in [0.1, 0.15) is 0 Å². The molecule has 1 aromatic rings. The number of esters is 1. The molecule has 4 saturated carbocycles. The fourth-order valence-corrected chi connectivity index (χ4v) is 7.60. The third-order valence-corrected chi connectivity index (χ3v) is 8.90. The molecule has 168 valence electrons. The molecule has 4 bridgehead atoms. The number of hydrogen-bond acceptors (Lipinski definition) is 3. The summed E-state index contributed by atoms with van der Waals surface area (Å²) < 4.78 is 5.78. The molecule has 0 spiro atoms. The van der Waals surface area contributed by atoms with Gasteiger partial charge in [0, 0.05) is 13.1 Å². The highest BCUT2D eigenvalue weighted by atomic mass is 16.5. The molecule has 1 amide bonds. The summed E-state index contributed by atoms with van der Waals surface area (Å²) in [7, 11) is 0. The summed E-state index contributed by atoms with van der Waals surface area (Å²) in [5.74, 6) is 1.11. The molecular formula is C27H37NO3. The van der Waals surface area contributed by atoms with Crippen LogP contribution >= 0.6 is 0 Å². The molecular weight excluding hydrogens is 386 g/mol. The van der Waals surface area contributed by atoms with Crippen LogP contribution in [-0.4, -0.2) is 36.5 Å². The highest BCUT2D eigenvalue weighted by Gasteiger charge is 2.61. The summed E-state index contributed by atoms with van der Waals surface area (Å²) >= 11 is 0. The van der Waals surface area contributed by atoms with E-state index in [0.717, 1.165) is 45.2 Å². The lowest BCUT2D eigenvalue weighted by molar-refractivity contribution is -0.176. The molecule has 1 aromatic carbocycles. The van der Waals surface area contributed by atoms with Crippen molar-refractivity contribution in [3.05, 3.63) is 34.9 Å². The Morgan fingerprint density at radius 1 is 0.968 bits per heavy atom. The van der Waals surface area contributed by atoms with E-state index in [-0.39, 0.29) is 29.3 Å². The van der Waals surface area contributed by atoms with Crippen molar-refractivity contribution >= 4 is 11.9 Å². The Morgan fingerprint density at radius 2 is 1.65 bits per heavy atom. The Hall–Kier alpha value is -1.84. The van der Waals surface area contributed by atoms with Crippen molar-refractivity contribution < 1.29 is 14.3 Å². The molecule has 0 radical (unpaired) electrons. The Kier molecular flexibility index (Phi) is 5.38. The van der Waals surface area contributed by atoms with Gasteiger partial charge in [0.25, 0.3) is 5.91 Å². The average Bonchev–Trinajstić information content (AvgIpc) is 3.02. The number of amides is 1. The van der Waals surface area contributed by atoms with E-state index in [0.29, 0.717) is 11.8 Å². The van der Waals surface area contributed by atoms with Gasteiger partial charge in [0.15, 0.2) is 6.61 Å². The van der Waals surface area contributed by atoms with E-state index in [1.807, 2.05) is 4.90 Å². The SMILES string of the molecule is Cc1ccc(C23C[C@H]4C[C@@H](CC(C(=O)OCC(=O)N5CCCCCC5)(C4)C2)C3)cc1C. The van der Waals surface area contributed by atoms with Crippen LogP contribution in [0.2, 0.25) is 0 Å². The molecule has 31 heavy (non-hydrogen) atoms. The van der Waals surface area contributed by atoms with E-state index < -0.39 is 0 Å². The molecule has 5 fully saturated rings. The van der Waals surface area contributed by atoms with Crippen LogP contribution in [0.25, 0.3) is 0 Å². The van der Waals surface area contributed by atoms with Gasteiger partial charge in [0.05, 0.1) is 5.41 Å². The molecule has 6 rings (SSSR count). The third-order valence-electron chi connectivity index (χ3n) is 8.90. The number of ether oxygens (including phenoxy) is 1. The molecule has 2 atom stereocenters. The summed E-state index contributed by atoms with van der Waals surface area (Å²) in [5, 5.41) is 0. The normalized spacial score (nSPS) is 34.5. The maximum atomic E-state index is 13.5. The summed E-state index contributed by atoms with van der Waals surface area (Å²) in [6.45, 7) is 5.90. The molecule has 4 aliphatic carbocycles. The van der Waals surface area contributed by atoms with Gasteiger partial charge in [-0.2, -0.15) is 0 Å². The molecule has 5 aliphatic rings. The van der Waals surface area contributed by atoms with E-state index in [2.05, 4.69) is 32.0 Å². The third kappa shape index (κ3) is 3.81. The van der Waals surface area contributed by atoms with Crippen molar-refractivity contribution in [2.45, 2.75) is 83.5 Å². The van der Waals surface area contributed by atoms with Crippen LogP contribution in [0.3, 0.4) is 0 Å². The highest BCUT2D eigenvalue weighted by molar-refractivity contribution is 5.83. The van der Waals surface area contributed by atoms with E-state index in [4.69, 9.17) is 4.74 Å². The molecule has 1 aliphatic heterocycles. The Bertz CT molecular complexity index is 853. The quantitative estimate of drug-likeness (QED) is 0.634. The molecule has 4 heteroatoms. The van der Waals surface area contributed by atoms with Gasteiger partial charge < -0.3 is 9.64 Å². The van der Waals surface area contributed by atoms with Crippen molar-refractivity contribution in [1.82, 2.24) is 4.90 Å². The maximum Gasteiger partial charge on any atom is 0.312 e. The molecule has 0 unspecified atom stereocenters. The van der Waals surface area contributed by atoms with Crippen molar-refractivity contribution in [2.75, 3.05) is 19.7 Å². The molecule has 1 saturated heterocycles. The first-order valence-electron chi connectivity index (χ1n) is 12.4. The second kappa shape index (κ2) is 7.94. The van der Waals surface area contributed by atoms with Gasteiger partial charge in [-0.25, -0.2) is 0 Å². The number of rotatable bonds is 4. The topological polar surface area (TPSA) is 46.6 Å². The predicted octanol–water partition coefficient (Wildman–Crippen LogP) is 5.09. The number of aryl methyl sites for hydroxylation is 2. The minimum Gasteiger partial charge on any atom is -0.455 e. The van der Waals surface area contributed by atoms with E-state index in [1.54, 1.807) is 0 Å². The van der Waals surface area contributed by atoms with Gasteiger partial charge in [-0.1, -0.05) is 31.0 Å². The monoisotopic (exact) mass is 423 g/mol. The number of carbonyl (C=O) groups excluding carboxylic acids is 2. The van der Waals surface area contributed by atoms with E-state index in [9.17, 15) is 9.59 Å². The summed E-state index contributed by atoms with van der Waals surface area (Å²) in [4.78, 5) is 28.0. The zero-order chi connectivity index (χ0) is 21.6. The lowest BCUT2D eigenvalue weighted by Gasteiger charge is -2.61. The maximum absolute atomic E-state index is 13.5.